The van der Waals surface area contributed by atoms with Crippen molar-refractivity contribution in [3.05, 3.63) is 53.1 Å². The van der Waals surface area contributed by atoms with Crippen LogP contribution < -0.4 is 5.73 Å². The molecule has 2 aromatic rings. The first-order valence-corrected chi connectivity index (χ1v) is 6.58. The van der Waals surface area contributed by atoms with Crippen molar-refractivity contribution in [3.63, 3.8) is 0 Å². The molecule has 0 atom stereocenters. The van der Waals surface area contributed by atoms with Crippen LogP contribution in [0.2, 0.25) is 5.02 Å². The highest BCUT2D eigenvalue weighted by Crippen LogP contribution is 2.28. The molecule has 0 unspecified atom stereocenters. The van der Waals surface area contributed by atoms with Gasteiger partial charge in [-0.25, -0.2) is 0 Å². The van der Waals surface area contributed by atoms with E-state index in [4.69, 9.17) is 17.3 Å². The van der Waals surface area contributed by atoms with Crippen molar-refractivity contribution >= 4 is 17.3 Å². The molecular formula is C16H18ClN. The van der Waals surface area contributed by atoms with E-state index < -0.39 is 0 Å². The van der Waals surface area contributed by atoms with E-state index in [1.807, 2.05) is 12.1 Å². The number of anilines is 1. The van der Waals surface area contributed by atoms with Crippen molar-refractivity contribution in [2.75, 3.05) is 5.73 Å². The quantitative estimate of drug-likeness (QED) is 0.788. The Labute approximate surface area is 114 Å². The SMILES string of the molecule is CC(C)Cc1ccc(-c2ccc(Cl)cc2N)cc1. The molecule has 0 radical (unpaired) electrons. The fourth-order valence-corrected chi connectivity index (χ4v) is 2.27. The highest BCUT2D eigenvalue weighted by atomic mass is 35.5. The second kappa shape index (κ2) is 5.45. The zero-order valence-corrected chi connectivity index (χ0v) is 11.5. The summed E-state index contributed by atoms with van der Waals surface area (Å²) in [7, 11) is 0. The number of halogens is 1. The van der Waals surface area contributed by atoms with E-state index in [2.05, 4.69) is 38.1 Å². The standard InChI is InChI=1S/C16H18ClN/c1-11(2)9-12-3-5-13(6-4-12)15-8-7-14(17)10-16(15)18/h3-8,10-11H,9,18H2,1-2H3. The van der Waals surface area contributed by atoms with Gasteiger partial charge in [-0.15, -0.1) is 0 Å². The molecule has 2 rings (SSSR count). The second-order valence-corrected chi connectivity index (χ2v) is 5.46. The summed E-state index contributed by atoms with van der Waals surface area (Å²) in [5, 5.41) is 0.674. The van der Waals surface area contributed by atoms with E-state index in [0.29, 0.717) is 10.9 Å². The van der Waals surface area contributed by atoms with Gasteiger partial charge in [-0.2, -0.15) is 0 Å². The molecule has 2 aromatic carbocycles. The summed E-state index contributed by atoms with van der Waals surface area (Å²) >= 11 is 5.91. The van der Waals surface area contributed by atoms with Gasteiger partial charge in [0.1, 0.15) is 0 Å². The molecule has 0 amide bonds. The van der Waals surface area contributed by atoms with Crippen molar-refractivity contribution in [1.82, 2.24) is 0 Å². The molecule has 18 heavy (non-hydrogen) atoms. The Hall–Kier alpha value is -1.47. The summed E-state index contributed by atoms with van der Waals surface area (Å²) in [6.45, 7) is 4.45. The first kappa shape index (κ1) is 13.0. The highest BCUT2D eigenvalue weighted by Gasteiger charge is 2.04. The summed E-state index contributed by atoms with van der Waals surface area (Å²) in [6, 6.07) is 14.2. The minimum absolute atomic E-state index is 0.674. The van der Waals surface area contributed by atoms with Crippen LogP contribution in [-0.4, -0.2) is 0 Å². The summed E-state index contributed by atoms with van der Waals surface area (Å²) in [5.41, 5.74) is 10.2. The largest absolute Gasteiger partial charge is 0.398 e. The van der Waals surface area contributed by atoms with E-state index in [9.17, 15) is 0 Å². The number of benzene rings is 2. The molecule has 0 aliphatic rings. The Morgan fingerprint density at radius 3 is 2.28 bits per heavy atom. The minimum atomic E-state index is 0.674. The lowest BCUT2D eigenvalue weighted by molar-refractivity contribution is 0.647. The second-order valence-electron chi connectivity index (χ2n) is 5.03. The summed E-state index contributed by atoms with van der Waals surface area (Å²) in [4.78, 5) is 0. The Bertz CT molecular complexity index is 529. The van der Waals surface area contributed by atoms with Gasteiger partial charge in [0.05, 0.1) is 0 Å². The van der Waals surface area contributed by atoms with Gasteiger partial charge in [-0.05, 0) is 35.6 Å². The van der Waals surface area contributed by atoms with Crippen molar-refractivity contribution in [3.8, 4) is 11.1 Å². The third-order valence-corrected chi connectivity index (χ3v) is 3.16. The normalized spacial score (nSPS) is 10.9. The van der Waals surface area contributed by atoms with Crippen LogP contribution in [0.25, 0.3) is 11.1 Å². The zero-order valence-electron chi connectivity index (χ0n) is 10.8. The van der Waals surface area contributed by atoms with E-state index in [1.165, 1.54) is 5.56 Å². The lowest BCUT2D eigenvalue weighted by Crippen LogP contribution is -1.94. The molecule has 0 bridgehead atoms. The molecule has 2 N–H and O–H groups in total. The molecule has 0 saturated heterocycles. The van der Waals surface area contributed by atoms with Gasteiger partial charge in [0, 0.05) is 16.3 Å². The Kier molecular flexibility index (Phi) is 3.93. The first-order chi connectivity index (χ1) is 8.56. The average Bonchev–Trinajstić information content (AvgIpc) is 2.30. The molecule has 2 heteroatoms. The predicted molar refractivity (Wildman–Crippen MR) is 79.8 cm³/mol. The minimum Gasteiger partial charge on any atom is -0.398 e. The number of nitrogens with two attached hydrogens (primary N) is 1. The molecule has 0 aromatic heterocycles. The van der Waals surface area contributed by atoms with Crippen LogP contribution in [0.15, 0.2) is 42.5 Å². The lowest BCUT2D eigenvalue weighted by Gasteiger charge is -2.09. The van der Waals surface area contributed by atoms with Crippen molar-refractivity contribution in [2.45, 2.75) is 20.3 Å². The molecule has 0 aliphatic carbocycles. The molecule has 0 aliphatic heterocycles. The Morgan fingerprint density at radius 1 is 1.06 bits per heavy atom. The van der Waals surface area contributed by atoms with E-state index in [-0.39, 0.29) is 0 Å². The van der Waals surface area contributed by atoms with Crippen LogP contribution in [0.4, 0.5) is 5.69 Å². The van der Waals surface area contributed by atoms with Crippen LogP contribution in [0.5, 0.6) is 0 Å². The van der Waals surface area contributed by atoms with E-state index >= 15 is 0 Å². The van der Waals surface area contributed by atoms with Gasteiger partial charge in [0.2, 0.25) is 0 Å². The molecular weight excluding hydrogens is 242 g/mol. The lowest BCUT2D eigenvalue weighted by atomic mass is 9.98. The van der Waals surface area contributed by atoms with Crippen molar-refractivity contribution < 1.29 is 0 Å². The molecule has 0 fully saturated rings. The molecule has 1 nitrogen and oxygen atoms in total. The van der Waals surface area contributed by atoms with Gasteiger partial charge >= 0.3 is 0 Å². The van der Waals surface area contributed by atoms with Crippen LogP contribution in [-0.2, 0) is 6.42 Å². The third-order valence-electron chi connectivity index (χ3n) is 2.92. The van der Waals surface area contributed by atoms with Crippen molar-refractivity contribution in [2.24, 2.45) is 5.92 Å². The topological polar surface area (TPSA) is 26.0 Å². The van der Waals surface area contributed by atoms with Crippen LogP contribution in [0.3, 0.4) is 0 Å². The maximum absolute atomic E-state index is 5.99. The smallest absolute Gasteiger partial charge is 0.0426 e. The van der Waals surface area contributed by atoms with E-state index in [1.54, 1.807) is 6.07 Å². The van der Waals surface area contributed by atoms with Crippen molar-refractivity contribution in [1.29, 1.82) is 0 Å². The maximum atomic E-state index is 5.99. The first-order valence-electron chi connectivity index (χ1n) is 6.20. The third kappa shape index (κ3) is 3.05. The zero-order chi connectivity index (χ0) is 13.1. The van der Waals surface area contributed by atoms with Gasteiger partial charge in [0.15, 0.2) is 0 Å². The van der Waals surface area contributed by atoms with Crippen LogP contribution >= 0.6 is 11.6 Å². The maximum Gasteiger partial charge on any atom is 0.0426 e. The van der Waals surface area contributed by atoms with Gasteiger partial charge in [0.25, 0.3) is 0 Å². The van der Waals surface area contributed by atoms with E-state index in [0.717, 1.165) is 23.2 Å². The molecule has 0 heterocycles. The fraction of sp³-hybridized carbons (Fsp3) is 0.250. The summed E-state index contributed by atoms with van der Waals surface area (Å²) in [6.07, 6.45) is 1.11. The fourth-order valence-electron chi connectivity index (χ4n) is 2.09. The number of hydrogen-bond donors (Lipinski definition) is 1. The monoisotopic (exact) mass is 259 g/mol. The van der Waals surface area contributed by atoms with Gasteiger partial charge in [-0.3, -0.25) is 0 Å². The number of nitrogen functional groups attached to an aromatic ring is 1. The Morgan fingerprint density at radius 2 is 1.72 bits per heavy atom. The summed E-state index contributed by atoms with van der Waals surface area (Å²) in [5.74, 6) is 0.677. The molecule has 94 valence electrons. The Balaban J connectivity index is 2.28. The number of hydrogen-bond acceptors (Lipinski definition) is 1. The highest BCUT2D eigenvalue weighted by molar-refractivity contribution is 6.31. The summed E-state index contributed by atoms with van der Waals surface area (Å²) < 4.78 is 0. The molecule has 0 spiro atoms. The van der Waals surface area contributed by atoms with Crippen LogP contribution in [0, 0.1) is 5.92 Å². The predicted octanol–water partition coefficient (Wildman–Crippen LogP) is 4.79. The number of rotatable bonds is 3. The van der Waals surface area contributed by atoms with Crippen LogP contribution in [0.1, 0.15) is 19.4 Å². The van der Waals surface area contributed by atoms with Gasteiger partial charge < -0.3 is 5.73 Å². The van der Waals surface area contributed by atoms with Gasteiger partial charge in [-0.1, -0.05) is 55.8 Å². The average molecular weight is 260 g/mol. The molecule has 0 saturated carbocycles.